The van der Waals surface area contributed by atoms with Crippen molar-refractivity contribution in [1.82, 2.24) is 20.2 Å². The summed E-state index contributed by atoms with van der Waals surface area (Å²) in [6, 6.07) is 7.51. The zero-order chi connectivity index (χ0) is 13.2. The highest BCUT2D eigenvalue weighted by Gasteiger charge is 2.24. The third-order valence-corrected chi connectivity index (χ3v) is 3.05. The zero-order valence-corrected chi connectivity index (χ0v) is 10.5. The molecular formula is C12H13N5O2. The van der Waals surface area contributed by atoms with Crippen molar-refractivity contribution < 1.29 is 9.53 Å². The Morgan fingerprint density at radius 3 is 3.05 bits per heavy atom. The van der Waals surface area contributed by atoms with E-state index in [1.54, 1.807) is 11.9 Å². The average molecular weight is 259 g/mol. The Morgan fingerprint density at radius 1 is 1.42 bits per heavy atom. The third kappa shape index (κ3) is 2.14. The van der Waals surface area contributed by atoms with E-state index in [9.17, 15) is 4.79 Å². The van der Waals surface area contributed by atoms with Crippen molar-refractivity contribution >= 4 is 11.6 Å². The summed E-state index contributed by atoms with van der Waals surface area (Å²) >= 11 is 0. The molecule has 0 atom stereocenters. The minimum atomic E-state index is -0.0337. The lowest BCUT2D eigenvalue weighted by Crippen LogP contribution is -2.39. The molecule has 0 N–H and O–H groups in total. The molecule has 2 heterocycles. The molecular weight excluding hydrogens is 246 g/mol. The predicted molar refractivity (Wildman–Crippen MR) is 66.8 cm³/mol. The number of benzene rings is 1. The summed E-state index contributed by atoms with van der Waals surface area (Å²) in [5.41, 5.74) is 0.800. The van der Waals surface area contributed by atoms with Crippen molar-refractivity contribution in [3.8, 4) is 5.75 Å². The fourth-order valence-corrected chi connectivity index (χ4v) is 2.06. The van der Waals surface area contributed by atoms with Crippen LogP contribution in [0.4, 0.5) is 5.69 Å². The molecule has 3 rings (SSSR count). The van der Waals surface area contributed by atoms with Gasteiger partial charge in [0.1, 0.15) is 12.4 Å². The first-order valence-electron chi connectivity index (χ1n) is 5.99. The van der Waals surface area contributed by atoms with Gasteiger partial charge in [-0.15, -0.1) is 5.10 Å². The van der Waals surface area contributed by atoms with Crippen LogP contribution in [0, 0.1) is 0 Å². The maximum absolute atomic E-state index is 12.3. The van der Waals surface area contributed by atoms with E-state index in [1.807, 2.05) is 24.3 Å². The molecule has 19 heavy (non-hydrogen) atoms. The van der Waals surface area contributed by atoms with E-state index in [-0.39, 0.29) is 12.3 Å². The number of hydrogen-bond donors (Lipinski definition) is 0. The SMILES string of the molecule is Cn1nnnc1CC(=O)N1CCOc2ccccc21. The Morgan fingerprint density at radius 2 is 2.26 bits per heavy atom. The van der Waals surface area contributed by atoms with Crippen LogP contribution in [0.5, 0.6) is 5.75 Å². The number of amides is 1. The van der Waals surface area contributed by atoms with Gasteiger partial charge in [0.05, 0.1) is 18.7 Å². The van der Waals surface area contributed by atoms with Crippen molar-refractivity contribution in [1.29, 1.82) is 0 Å². The number of carbonyl (C=O) groups excluding carboxylic acids is 1. The molecule has 0 unspecified atom stereocenters. The molecule has 0 saturated carbocycles. The van der Waals surface area contributed by atoms with Crippen LogP contribution in [0.15, 0.2) is 24.3 Å². The van der Waals surface area contributed by atoms with Gasteiger partial charge < -0.3 is 9.64 Å². The molecule has 2 aromatic rings. The number of rotatable bonds is 2. The molecule has 7 heteroatoms. The highest BCUT2D eigenvalue weighted by molar-refractivity contribution is 5.96. The Balaban J connectivity index is 1.84. The van der Waals surface area contributed by atoms with Gasteiger partial charge in [0, 0.05) is 7.05 Å². The summed E-state index contributed by atoms with van der Waals surface area (Å²) in [5, 5.41) is 11.1. The summed E-state index contributed by atoms with van der Waals surface area (Å²) in [6.45, 7) is 1.04. The number of para-hydroxylation sites is 2. The van der Waals surface area contributed by atoms with E-state index >= 15 is 0 Å². The van der Waals surface area contributed by atoms with Crippen molar-refractivity contribution in [2.24, 2.45) is 7.05 Å². The minimum absolute atomic E-state index is 0.0337. The molecule has 1 aromatic heterocycles. The van der Waals surface area contributed by atoms with Crippen molar-refractivity contribution in [2.45, 2.75) is 6.42 Å². The second-order valence-electron chi connectivity index (χ2n) is 4.26. The number of anilines is 1. The number of aromatic nitrogens is 4. The number of ether oxygens (including phenoxy) is 1. The maximum Gasteiger partial charge on any atom is 0.234 e. The fourth-order valence-electron chi connectivity index (χ4n) is 2.06. The molecule has 7 nitrogen and oxygen atoms in total. The molecule has 0 radical (unpaired) electrons. The number of aryl methyl sites for hydroxylation is 1. The van der Waals surface area contributed by atoms with Gasteiger partial charge in [-0.3, -0.25) is 4.79 Å². The van der Waals surface area contributed by atoms with Gasteiger partial charge in [-0.05, 0) is 22.6 Å². The first-order valence-corrected chi connectivity index (χ1v) is 5.99. The van der Waals surface area contributed by atoms with Crippen molar-refractivity contribution in [3.63, 3.8) is 0 Å². The number of tetrazole rings is 1. The Bertz CT molecular complexity index is 610. The topological polar surface area (TPSA) is 73.1 Å². The second kappa shape index (κ2) is 4.68. The van der Waals surface area contributed by atoms with Crippen molar-refractivity contribution in [2.75, 3.05) is 18.1 Å². The summed E-state index contributed by atoms with van der Waals surface area (Å²) in [7, 11) is 1.72. The molecule has 0 bridgehead atoms. The van der Waals surface area contributed by atoms with E-state index in [1.165, 1.54) is 4.68 Å². The van der Waals surface area contributed by atoms with Gasteiger partial charge in [-0.25, -0.2) is 4.68 Å². The number of hydrogen-bond acceptors (Lipinski definition) is 5. The largest absolute Gasteiger partial charge is 0.490 e. The lowest BCUT2D eigenvalue weighted by atomic mass is 10.2. The molecule has 0 aliphatic carbocycles. The zero-order valence-electron chi connectivity index (χ0n) is 10.5. The normalized spacial score (nSPS) is 13.8. The van der Waals surface area contributed by atoms with Crippen molar-refractivity contribution in [3.05, 3.63) is 30.1 Å². The van der Waals surface area contributed by atoms with Gasteiger partial charge in [0.2, 0.25) is 5.91 Å². The first-order chi connectivity index (χ1) is 9.25. The van der Waals surface area contributed by atoms with Gasteiger partial charge in [0.15, 0.2) is 5.82 Å². The monoisotopic (exact) mass is 259 g/mol. The lowest BCUT2D eigenvalue weighted by Gasteiger charge is -2.29. The second-order valence-corrected chi connectivity index (χ2v) is 4.26. The summed E-state index contributed by atoms with van der Waals surface area (Å²) in [6.07, 6.45) is 0.178. The Kier molecular flexibility index (Phi) is 2.86. The Hall–Kier alpha value is -2.44. The smallest absolute Gasteiger partial charge is 0.234 e. The molecule has 1 aliphatic rings. The van der Waals surface area contributed by atoms with E-state index in [2.05, 4.69) is 15.5 Å². The van der Waals surface area contributed by atoms with Crippen LogP contribution in [0.2, 0.25) is 0 Å². The highest BCUT2D eigenvalue weighted by Crippen LogP contribution is 2.31. The molecule has 1 aliphatic heterocycles. The molecule has 1 aromatic carbocycles. The first kappa shape index (κ1) is 11.6. The number of fused-ring (bicyclic) bond motifs is 1. The van der Waals surface area contributed by atoms with Gasteiger partial charge in [0.25, 0.3) is 0 Å². The van der Waals surface area contributed by atoms with Crippen LogP contribution in [-0.4, -0.2) is 39.3 Å². The maximum atomic E-state index is 12.3. The van der Waals surface area contributed by atoms with Crippen LogP contribution in [-0.2, 0) is 18.3 Å². The molecule has 1 amide bonds. The van der Waals surface area contributed by atoms with Crippen LogP contribution < -0.4 is 9.64 Å². The lowest BCUT2D eigenvalue weighted by molar-refractivity contribution is -0.118. The van der Waals surface area contributed by atoms with Crippen LogP contribution in [0.25, 0.3) is 0 Å². The molecule has 98 valence electrons. The van der Waals surface area contributed by atoms with Crippen LogP contribution in [0.1, 0.15) is 5.82 Å². The van der Waals surface area contributed by atoms with Gasteiger partial charge in [-0.1, -0.05) is 12.1 Å². The third-order valence-electron chi connectivity index (χ3n) is 3.05. The van der Waals surface area contributed by atoms with E-state index in [0.29, 0.717) is 19.0 Å². The average Bonchev–Trinajstić information content (AvgIpc) is 2.83. The summed E-state index contributed by atoms with van der Waals surface area (Å²) < 4.78 is 7.03. The van der Waals surface area contributed by atoms with Crippen LogP contribution >= 0.6 is 0 Å². The van der Waals surface area contributed by atoms with E-state index in [4.69, 9.17) is 4.74 Å². The number of carbonyl (C=O) groups is 1. The van der Waals surface area contributed by atoms with Crippen LogP contribution in [0.3, 0.4) is 0 Å². The quantitative estimate of drug-likeness (QED) is 0.769. The highest BCUT2D eigenvalue weighted by atomic mass is 16.5. The van der Waals surface area contributed by atoms with Gasteiger partial charge in [-0.2, -0.15) is 0 Å². The Labute approximate surface area is 109 Å². The standard InChI is InChI=1S/C12H13N5O2/c1-16-11(13-14-15-16)8-12(18)17-6-7-19-10-5-3-2-4-9(10)17/h2-5H,6-8H2,1H3. The number of nitrogens with zero attached hydrogens (tertiary/aromatic N) is 5. The van der Waals surface area contributed by atoms with Gasteiger partial charge >= 0.3 is 0 Å². The minimum Gasteiger partial charge on any atom is -0.490 e. The summed E-state index contributed by atoms with van der Waals surface area (Å²) in [4.78, 5) is 14.1. The van der Waals surface area contributed by atoms with E-state index in [0.717, 1.165) is 11.4 Å². The molecule has 0 saturated heterocycles. The fraction of sp³-hybridized carbons (Fsp3) is 0.333. The summed E-state index contributed by atoms with van der Waals surface area (Å²) in [5.74, 6) is 1.25. The molecule has 0 fully saturated rings. The molecule has 0 spiro atoms. The predicted octanol–water partition coefficient (Wildman–Crippen LogP) is 0.178. The van der Waals surface area contributed by atoms with E-state index < -0.39 is 0 Å².